The van der Waals surface area contributed by atoms with Crippen LogP contribution in [0.15, 0.2) is 0 Å². The minimum Gasteiger partial charge on any atom is -0.459 e. The van der Waals surface area contributed by atoms with Crippen LogP contribution in [0.2, 0.25) is 0 Å². The maximum atomic E-state index is 11.2. The second kappa shape index (κ2) is 9.26. The van der Waals surface area contributed by atoms with Crippen molar-refractivity contribution in [2.24, 2.45) is 0 Å². The highest BCUT2D eigenvalue weighted by atomic mass is 16.5. The Morgan fingerprint density at radius 1 is 1.20 bits per heavy atom. The molecule has 0 rings (SSSR count). The third-order valence-corrected chi connectivity index (χ3v) is 1.94. The molecule has 0 saturated carbocycles. The summed E-state index contributed by atoms with van der Waals surface area (Å²) in [6.45, 7) is 2.06. The zero-order valence-electron chi connectivity index (χ0n) is 9.47. The smallest absolute Gasteiger partial charge is 0.384 e. The number of rotatable bonds is 6. The van der Waals surface area contributed by atoms with Crippen molar-refractivity contribution in [3.05, 3.63) is 0 Å². The van der Waals surface area contributed by atoms with Gasteiger partial charge in [0, 0.05) is 25.2 Å². The Morgan fingerprint density at radius 3 is 2.47 bits per heavy atom. The second-order valence-corrected chi connectivity index (χ2v) is 3.29. The Labute approximate surface area is 91.2 Å². The highest BCUT2D eigenvalue weighted by Gasteiger charge is 1.99. The standard InChI is InChI=1S/C12H18O3/c1-3-4-8-11(13)9-6-5-7-10-12(14)15-2/h3-6,8-9H2,1-2H3. The summed E-state index contributed by atoms with van der Waals surface area (Å²) in [7, 11) is 1.30. The number of Topliss-reactive ketones (excluding diaryl/α,β-unsaturated/α-hetero) is 1. The number of hydrogen-bond donors (Lipinski definition) is 0. The Bertz CT molecular complexity index is 258. The average Bonchev–Trinajstić information content (AvgIpc) is 2.25. The monoisotopic (exact) mass is 210 g/mol. The summed E-state index contributed by atoms with van der Waals surface area (Å²) in [5.41, 5.74) is 0. The number of carbonyl (C=O) groups is 2. The van der Waals surface area contributed by atoms with Gasteiger partial charge in [0.05, 0.1) is 7.11 Å². The fraction of sp³-hybridized carbons (Fsp3) is 0.667. The lowest BCUT2D eigenvalue weighted by atomic mass is 10.1. The summed E-state index contributed by atoms with van der Waals surface area (Å²) >= 11 is 0. The molecule has 0 aliphatic carbocycles. The first kappa shape index (κ1) is 13.7. The molecule has 0 saturated heterocycles. The van der Waals surface area contributed by atoms with Crippen molar-refractivity contribution in [1.29, 1.82) is 0 Å². The Morgan fingerprint density at radius 2 is 1.87 bits per heavy atom. The van der Waals surface area contributed by atoms with Crippen molar-refractivity contribution in [2.45, 2.75) is 45.4 Å². The summed E-state index contributed by atoms with van der Waals surface area (Å²) in [5, 5.41) is 0. The molecule has 0 amide bonds. The van der Waals surface area contributed by atoms with Crippen molar-refractivity contribution in [3.8, 4) is 11.8 Å². The number of ether oxygens (including phenoxy) is 1. The lowest BCUT2D eigenvalue weighted by molar-refractivity contribution is -0.133. The van der Waals surface area contributed by atoms with E-state index in [1.165, 1.54) is 7.11 Å². The summed E-state index contributed by atoms with van der Waals surface area (Å²) in [4.78, 5) is 21.8. The number of carbonyl (C=O) groups excluding carboxylic acids is 2. The van der Waals surface area contributed by atoms with E-state index in [0.29, 0.717) is 19.3 Å². The molecule has 0 atom stereocenters. The van der Waals surface area contributed by atoms with Gasteiger partial charge in [0.15, 0.2) is 0 Å². The minimum atomic E-state index is -0.521. The van der Waals surface area contributed by atoms with Crippen LogP contribution in [-0.2, 0) is 14.3 Å². The van der Waals surface area contributed by atoms with E-state index in [9.17, 15) is 9.59 Å². The third kappa shape index (κ3) is 9.01. The molecule has 15 heavy (non-hydrogen) atoms. The van der Waals surface area contributed by atoms with E-state index >= 15 is 0 Å². The first-order valence-electron chi connectivity index (χ1n) is 5.29. The van der Waals surface area contributed by atoms with Gasteiger partial charge >= 0.3 is 5.97 Å². The summed E-state index contributed by atoms with van der Waals surface area (Å²) in [6, 6.07) is 0. The van der Waals surface area contributed by atoms with E-state index in [0.717, 1.165) is 19.3 Å². The van der Waals surface area contributed by atoms with Crippen LogP contribution in [0.4, 0.5) is 0 Å². The quantitative estimate of drug-likeness (QED) is 0.292. The number of unbranched alkanes of at least 4 members (excludes halogenated alkanes) is 2. The molecule has 0 aromatic heterocycles. The molecule has 0 fully saturated rings. The molecule has 0 aromatic rings. The van der Waals surface area contributed by atoms with Gasteiger partial charge in [-0.3, -0.25) is 4.79 Å². The van der Waals surface area contributed by atoms with Gasteiger partial charge in [-0.05, 0) is 12.8 Å². The summed E-state index contributed by atoms with van der Waals surface area (Å²) in [5.74, 6) is 4.77. The topological polar surface area (TPSA) is 43.4 Å². The highest BCUT2D eigenvalue weighted by molar-refractivity contribution is 5.88. The van der Waals surface area contributed by atoms with Gasteiger partial charge in [-0.1, -0.05) is 19.3 Å². The van der Waals surface area contributed by atoms with Gasteiger partial charge in [-0.2, -0.15) is 0 Å². The van der Waals surface area contributed by atoms with E-state index in [1.807, 2.05) is 0 Å². The number of ketones is 1. The van der Waals surface area contributed by atoms with Crippen molar-refractivity contribution in [1.82, 2.24) is 0 Å². The number of hydrogen-bond acceptors (Lipinski definition) is 3. The molecule has 0 unspecified atom stereocenters. The molecule has 0 heterocycles. The van der Waals surface area contributed by atoms with Gasteiger partial charge in [-0.25, -0.2) is 4.79 Å². The SMILES string of the molecule is CCCCC(=O)CCCC#CC(=O)OC. The van der Waals surface area contributed by atoms with E-state index in [1.54, 1.807) is 0 Å². The molecule has 3 heteroatoms. The molecule has 0 N–H and O–H groups in total. The maximum absolute atomic E-state index is 11.2. The van der Waals surface area contributed by atoms with Crippen LogP contribution in [0.5, 0.6) is 0 Å². The molecule has 0 aliphatic heterocycles. The predicted molar refractivity (Wildman–Crippen MR) is 58.2 cm³/mol. The van der Waals surface area contributed by atoms with Crippen LogP contribution in [0.3, 0.4) is 0 Å². The molecule has 3 nitrogen and oxygen atoms in total. The van der Waals surface area contributed by atoms with Crippen molar-refractivity contribution in [3.63, 3.8) is 0 Å². The first-order valence-corrected chi connectivity index (χ1v) is 5.29. The molecular formula is C12H18O3. The molecule has 0 bridgehead atoms. The molecule has 0 aliphatic rings. The third-order valence-electron chi connectivity index (χ3n) is 1.94. The fourth-order valence-corrected chi connectivity index (χ4v) is 1.06. The Kier molecular flexibility index (Phi) is 8.46. The lowest BCUT2D eigenvalue weighted by Crippen LogP contribution is -1.97. The first-order chi connectivity index (χ1) is 7.20. The zero-order chi connectivity index (χ0) is 11.5. The highest BCUT2D eigenvalue weighted by Crippen LogP contribution is 2.02. The van der Waals surface area contributed by atoms with Crippen LogP contribution in [0, 0.1) is 11.8 Å². The van der Waals surface area contributed by atoms with Crippen LogP contribution in [-0.4, -0.2) is 18.9 Å². The number of methoxy groups -OCH3 is 1. The second-order valence-electron chi connectivity index (χ2n) is 3.29. The minimum absolute atomic E-state index is 0.289. The van der Waals surface area contributed by atoms with Crippen molar-refractivity contribution in [2.75, 3.05) is 7.11 Å². The molecule has 84 valence electrons. The van der Waals surface area contributed by atoms with E-state index < -0.39 is 5.97 Å². The molecule has 0 radical (unpaired) electrons. The Balaban J connectivity index is 3.48. The molecule has 0 aromatic carbocycles. The fourth-order valence-electron chi connectivity index (χ4n) is 1.06. The summed E-state index contributed by atoms with van der Waals surface area (Å²) in [6.07, 6.45) is 4.55. The number of esters is 1. The Hall–Kier alpha value is -1.30. The van der Waals surface area contributed by atoms with Crippen molar-refractivity contribution >= 4 is 11.8 Å². The zero-order valence-corrected chi connectivity index (χ0v) is 9.47. The lowest BCUT2D eigenvalue weighted by Gasteiger charge is -1.96. The van der Waals surface area contributed by atoms with Crippen molar-refractivity contribution < 1.29 is 14.3 Å². The average molecular weight is 210 g/mol. The summed E-state index contributed by atoms with van der Waals surface area (Å²) < 4.78 is 4.35. The van der Waals surface area contributed by atoms with E-state index in [-0.39, 0.29) is 5.78 Å². The van der Waals surface area contributed by atoms with Crippen LogP contribution < -0.4 is 0 Å². The normalized spacial score (nSPS) is 8.93. The van der Waals surface area contributed by atoms with E-state index in [4.69, 9.17) is 0 Å². The maximum Gasteiger partial charge on any atom is 0.384 e. The predicted octanol–water partition coefficient (Wildman–Crippen LogP) is 2.09. The van der Waals surface area contributed by atoms with Gasteiger partial charge in [0.1, 0.15) is 5.78 Å². The van der Waals surface area contributed by atoms with E-state index in [2.05, 4.69) is 23.5 Å². The van der Waals surface area contributed by atoms with Gasteiger partial charge in [-0.15, -0.1) is 0 Å². The molecular weight excluding hydrogens is 192 g/mol. The van der Waals surface area contributed by atoms with Crippen LogP contribution in [0.1, 0.15) is 45.4 Å². The molecule has 0 spiro atoms. The van der Waals surface area contributed by atoms with Gasteiger partial charge in [0.2, 0.25) is 0 Å². The largest absolute Gasteiger partial charge is 0.459 e. The van der Waals surface area contributed by atoms with Gasteiger partial charge < -0.3 is 4.74 Å². The van der Waals surface area contributed by atoms with Crippen LogP contribution in [0.25, 0.3) is 0 Å². The van der Waals surface area contributed by atoms with Gasteiger partial charge in [0.25, 0.3) is 0 Å². The van der Waals surface area contributed by atoms with Crippen LogP contribution >= 0.6 is 0 Å².